The average molecular weight is 913 g/mol. The van der Waals surface area contributed by atoms with Crippen molar-refractivity contribution in [3.8, 4) is 0 Å². The molecule has 0 aliphatic carbocycles. The Kier molecular flexibility index (Phi) is 18.4. The van der Waals surface area contributed by atoms with Crippen molar-refractivity contribution < 1.29 is 47.7 Å². The van der Waals surface area contributed by atoms with E-state index in [1.807, 2.05) is 188 Å². The largest absolute Gasteiger partial charge is 0.394 e. The molecule has 2 saturated heterocycles. The fourth-order valence-corrected chi connectivity index (χ4v) is 9.04. The third-order valence-corrected chi connectivity index (χ3v) is 12.5. The standard InChI is InChI=1S/C55H60O10S/c1-66-55-53(51(61-37-44-28-16-6-17-29-44)49(59-35-42-24-12-4-13-25-42)47(64-55)39-57-33-40-20-8-2-9-21-40)65-54-52(62-38-45-30-18-7-19-31-45)50(60-36-43-26-14-5-15-27-43)48(46(32-56)63-54)58-34-41-22-10-3-11-23-41/h2-31,46-56H,32-39H2,1H3/t46?,47?,48-,49-,50+,51+,52?,53?,54+,55+/m0/s1. The van der Waals surface area contributed by atoms with Gasteiger partial charge in [-0.25, -0.2) is 0 Å². The Labute approximate surface area is 393 Å². The van der Waals surface area contributed by atoms with Crippen LogP contribution in [0.25, 0.3) is 0 Å². The number of ether oxygens (including phenoxy) is 9. The van der Waals surface area contributed by atoms with Gasteiger partial charge in [0.2, 0.25) is 0 Å². The molecule has 2 heterocycles. The molecule has 6 aromatic rings. The van der Waals surface area contributed by atoms with E-state index < -0.39 is 60.6 Å². The van der Waals surface area contributed by atoms with Crippen molar-refractivity contribution >= 4 is 11.8 Å². The zero-order valence-electron chi connectivity index (χ0n) is 37.3. The molecular formula is C55H60O10S. The smallest absolute Gasteiger partial charge is 0.187 e. The van der Waals surface area contributed by atoms with E-state index in [4.69, 9.17) is 42.6 Å². The van der Waals surface area contributed by atoms with Crippen LogP contribution >= 0.6 is 11.8 Å². The molecule has 0 saturated carbocycles. The Morgan fingerprint density at radius 3 is 1.11 bits per heavy atom. The third kappa shape index (κ3) is 13.5. The van der Waals surface area contributed by atoms with Gasteiger partial charge in [0.15, 0.2) is 6.29 Å². The zero-order valence-corrected chi connectivity index (χ0v) is 38.1. The highest BCUT2D eigenvalue weighted by Crippen LogP contribution is 2.38. The molecule has 10 nitrogen and oxygen atoms in total. The van der Waals surface area contributed by atoms with Crippen molar-refractivity contribution in [2.24, 2.45) is 0 Å². The predicted molar refractivity (Wildman–Crippen MR) is 254 cm³/mol. The maximum atomic E-state index is 11.1. The van der Waals surface area contributed by atoms with Crippen molar-refractivity contribution in [3.05, 3.63) is 215 Å². The molecule has 2 aliphatic rings. The lowest BCUT2D eigenvalue weighted by Crippen LogP contribution is -2.65. The second-order valence-electron chi connectivity index (χ2n) is 16.4. The van der Waals surface area contributed by atoms with Gasteiger partial charge < -0.3 is 47.7 Å². The van der Waals surface area contributed by atoms with Gasteiger partial charge in [0.05, 0.1) is 52.9 Å². The van der Waals surface area contributed by atoms with Crippen LogP contribution in [0.2, 0.25) is 0 Å². The summed E-state index contributed by atoms with van der Waals surface area (Å²) in [5.74, 6) is 0. The third-order valence-electron chi connectivity index (χ3n) is 11.7. The lowest BCUT2D eigenvalue weighted by molar-refractivity contribution is -0.356. The molecule has 0 aromatic heterocycles. The molecule has 11 heteroatoms. The Morgan fingerprint density at radius 1 is 0.394 bits per heavy atom. The lowest BCUT2D eigenvalue weighted by atomic mass is 9.96. The van der Waals surface area contributed by atoms with E-state index in [2.05, 4.69) is 0 Å². The maximum absolute atomic E-state index is 11.1. The molecule has 346 valence electrons. The summed E-state index contributed by atoms with van der Waals surface area (Å²) >= 11 is 1.51. The van der Waals surface area contributed by atoms with Gasteiger partial charge in [-0.2, -0.15) is 0 Å². The first-order valence-electron chi connectivity index (χ1n) is 22.6. The number of hydrogen-bond acceptors (Lipinski definition) is 11. The first-order chi connectivity index (χ1) is 32.6. The van der Waals surface area contributed by atoms with E-state index in [1.54, 1.807) is 0 Å². The molecule has 0 spiro atoms. The van der Waals surface area contributed by atoms with E-state index in [0.717, 1.165) is 33.4 Å². The van der Waals surface area contributed by atoms with Crippen LogP contribution in [0.1, 0.15) is 33.4 Å². The van der Waals surface area contributed by atoms with E-state index in [1.165, 1.54) is 11.8 Å². The van der Waals surface area contributed by atoms with E-state index in [-0.39, 0.29) is 39.6 Å². The minimum atomic E-state index is -1.07. The maximum Gasteiger partial charge on any atom is 0.187 e. The first kappa shape index (κ1) is 47.8. The average Bonchev–Trinajstić information content (AvgIpc) is 3.38. The SMILES string of the molecule is CS[C@H]1OC(COCc2ccccc2)[C@H](OCc2ccccc2)[C@@H](OCc2ccccc2)C1O[C@H]1OC(CO)[C@H](OCc2ccccc2)[C@@H](OCc2ccccc2)C1OCc1ccccc1. The van der Waals surface area contributed by atoms with Crippen molar-refractivity contribution in [2.75, 3.05) is 19.5 Å². The fraction of sp³-hybridized carbons (Fsp3) is 0.345. The topological polar surface area (TPSA) is 103 Å². The minimum absolute atomic E-state index is 0.236. The van der Waals surface area contributed by atoms with E-state index >= 15 is 0 Å². The molecule has 4 unspecified atom stereocenters. The second-order valence-corrected chi connectivity index (χ2v) is 17.3. The molecule has 10 atom stereocenters. The van der Waals surface area contributed by atoms with Crippen molar-refractivity contribution in [1.82, 2.24) is 0 Å². The molecule has 2 aliphatic heterocycles. The van der Waals surface area contributed by atoms with E-state index in [0.29, 0.717) is 13.2 Å². The number of thioether (sulfide) groups is 1. The van der Waals surface area contributed by atoms with Crippen LogP contribution in [0.15, 0.2) is 182 Å². The summed E-state index contributed by atoms with van der Waals surface area (Å²) in [6, 6.07) is 60.0. The van der Waals surface area contributed by atoms with Gasteiger partial charge in [0.1, 0.15) is 54.3 Å². The zero-order chi connectivity index (χ0) is 45.2. The van der Waals surface area contributed by atoms with Crippen LogP contribution in [0.3, 0.4) is 0 Å². The van der Waals surface area contributed by atoms with Crippen LogP contribution < -0.4 is 0 Å². The highest BCUT2D eigenvalue weighted by Gasteiger charge is 2.54. The molecule has 0 radical (unpaired) electrons. The molecule has 66 heavy (non-hydrogen) atoms. The fourth-order valence-electron chi connectivity index (χ4n) is 8.30. The molecular weight excluding hydrogens is 853 g/mol. The first-order valence-corrected chi connectivity index (χ1v) is 23.9. The molecule has 1 N–H and O–H groups in total. The summed E-state index contributed by atoms with van der Waals surface area (Å²) in [6.07, 6.45) is -4.90. The normalized spacial score (nSPS) is 25.4. The summed E-state index contributed by atoms with van der Waals surface area (Å²) in [5, 5.41) is 11.1. The summed E-state index contributed by atoms with van der Waals surface area (Å²) in [4.78, 5) is 0. The Bertz CT molecular complexity index is 2230. The van der Waals surface area contributed by atoms with Crippen LogP contribution in [-0.2, 0) is 82.3 Å². The van der Waals surface area contributed by atoms with Gasteiger partial charge >= 0.3 is 0 Å². The number of rotatable bonds is 23. The lowest BCUT2D eigenvalue weighted by Gasteiger charge is -2.50. The van der Waals surface area contributed by atoms with Gasteiger partial charge in [-0.15, -0.1) is 11.8 Å². The number of benzene rings is 6. The van der Waals surface area contributed by atoms with Crippen LogP contribution in [0.5, 0.6) is 0 Å². The van der Waals surface area contributed by atoms with Gasteiger partial charge in [-0.1, -0.05) is 182 Å². The quantitative estimate of drug-likeness (QED) is 0.0666. The van der Waals surface area contributed by atoms with Crippen molar-refractivity contribution in [1.29, 1.82) is 0 Å². The number of hydrogen-bond donors (Lipinski definition) is 1. The van der Waals surface area contributed by atoms with Gasteiger partial charge in [-0.3, -0.25) is 0 Å². The number of aliphatic hydroxyl groups is 1. The van der Waals surface area contributed by atoms with E-state index in [9.17, 15) is 5.11 Å². The molecule has 0 bridgehead atoms. The highest BCUT2D eigenvalue weighted by molar-refractivity contribution is 7.99. The monoisotopic (exact) mass is 912 g/mol. The molecule has 6 aromatic carbocycles. The van der Waals surface area contributed by atoms with Crippen molar-refractivity contribution in [2.45, 2.75) is 100 Å². The van der Waals surface area contributed by atoms with Crippen LogP contribution in [-0.4, -0.2) is 85.1 Å². The Hall–Kier alpha value is -4.73. The Morgan fingerprint density at radius 2 is 0.727 bits per heavy atom. The summed E-state index contributed by atoms with van der Waals surface area (Å²) in [5.41, 5.74) is 5.40. The summed E-state index contributed by atoms with van der Waals surface area (Å²) in [6.45, 7) is 1.64. The van der Waals surface area contributed by atoms with Crippen LogP contribution in [0, 0.1) is 0 Å². The van der Waals surface area contributed by atoms with Gasteiger partial charge in [0.25, 0.3) is 0 Å². The van der Waals surface area contributed by atoms with Gasteiger partial charge in [-0.05, 0) is 39.6 Å². The second kappa shape index (κ2) is 25.4. The summed E-state index contributed by atoms with van der Waals surface area (Å²) in [7, 11) is 0. The summed E-state index contributed by atoms with van der Waals surface area (Å²) < 4.78 is 61.9. The Balaban J connectivity index is 1.14. The molecule has 8 rings (SSSR count). The molecule has 2 fully saturated rings. The molecule has 0 amide bonds. The van der Waals surface area contributed by atoms with Crippen molar-refractivity contribution in [3.63, 3.8) is 0 Å². The van der Waals surface area contributed by atoms with Gasteiger partial charge in [0, 0.05) is 0 Å². The highest BCUT2D eigenvalue weighted by atomic mass is 32.2. The minimum Gasteiger partial charge on any atom is -0.394 e. The number of aliphatic hydroxyl groups excluding tert-OH is 1. The van der Waals surface area contributed by atoms with Crippen LogP contribution in [0.4, 0.5) is 0 Å². The predicted octanol–water partition coefficient (Wildman–Crippen LogP) is 9.32.